The highest BCUT2D eigenvalue weighted by atomic mass is 19.4. The Kier molecular flexibility index (Phi) is 3.57. The summed E-state index contributed by atoms with van der Waals surface area (Å²) in [7, 11) is 0. The third-order valence-corrected chi connectivity index (χ3v) is 2.86. The van der Waals surface area contributed by atoms with E-state index in [-0.39, 0.29) is 5.92 Å². The summed E-state index contributed by atoms with van der Waals surface area (Å²) in [4.78, 5) is 9.98. The Hall–Kier alpha value is -1.89. The molecule has 0 aromatic carbocycles. The number of nitrogens with zero attached hydrogens (tertiary/aromatic N) is 2. The van der Waals surface area contributed by atoms with E-state index in [1.54, 1.807) is 24.5 Å². The first-order valence-corrected chi connectivity index (χ1v) is 5.59. The van der Waals surface area contributed by atoms with Gasteiger partial charge in [0.2, 0.25) is 6.10 Å². The predicted octanol–water partition coefficient (Wildman–Crippen LogP) is 2.55. The van der Waals surface area contributed by atoms with Gasteiger partial charge in [-0.2, -0.15) is 13.2 Å². The van der Waals surface area contributed by atoms with E-state index >= 15 is 0 Å². The Labute approximate surface area is 107 Å². The molecule has 102 valence electrons. The molecule has 2 rings (SSSR count). The van der Waals surface area contributed by atoms with E-state index in [1.165, 1.54) is 6.20 Å². The number of hydrogen-bond donors (Lipinski definition) is 2. The van der Waals surface area contributed by atoms with Gasteiger partial charge in [0.05, 0.1) is 0 Å². The molecule has 0 amide bonds. The summed E-state index contributed by atoms with van der Waals surface area (Å²) in [6.07, 6.45) is -2.81. The van der Waals surface area contributed by atoms with Crippen LogP contribution in [0.25, 0.3) is 0 Å². The molecule has 0 aliphatic heterocycles. The summed E-state index contributed by atoms with van der Waals surface area (Å²) < 4.78 is 37.0. The molecule has 2 aromatic rings. The van der Waals surface area contributed by atoms with Crippen LogP contribution >= 0.6 is 0 Å². The SMILES string of the molecule is C[C@@H](c1ccncc1)c1cnc([C@@H](O)C(F)(F)F)[nH]1. The van der Waals surface area contributed by atoms with Crippen LogP contribution in [0.2, 0.25) is 0 Å². The highest BCUT2D eigenvalue weighted by Gasteiger charge is 2.41. The number of hydrogen-bond acceptors (Lipinski definition) is 3. The molecule has 0 unspecified atom stereocenters. The molecule has 7 heteroatoms. The van der Waals surface area contributed by atoms with E-state index < -0.39 is 18.1 Å². The number of nitrogens with one attached hydrogen (secondary N) is 1. The standard InChI is InChI=1S/C12H12F3N3O/c1-7(8-2-4-16-5-3-8)9-6-17-11(18-9)10(19)12(13,14)15/h2-7,10,19H,1H3,(H,17,18)/t7-,10+/m0/s1. The number of aromatic nitrogens is 3. The van der Waals surface area contributed by atoms with Crippen molar-refractivity contribution in [2.45, 2.75) is 25.1 Å². The zero-order valence-corrected chi connectivity index (χ0v) is 10.0. The maximum Gasteiger partial charge on any atom is 0.421 e. The number of pyridine rings is 1. The lowest BCUT2D eigenvalue weighted by Gasteiger charge is -2.12. The van der Waals surface area contributed by atoms with Gasteiger partial charge in [-0.1, -0.05) is 6.92 Å². The number of aliphatic hydroxyl groups excluding tert-OH is 1. The first kappa shape index (κ1) is 13.5. The summed E-state index contributed by atoms with van der Waals surface area (Å²) in [5.74, 6) is -0.659. The number of H-pyrrole nitrogens is 1. The predicted molar refractivity (Wildman–Crippen MR) is 61.4 cm³/mol. The second-order valence-electron chi connectivity index (χ2n) is 4.17. The van der Waals surface area contributed by atoms with Gasteiger partial charge in [-0.05, 0) is 17.7 Å². The first-order valence-electron chi connectivity index (χ1n) is 5.59. The molecule has 0 saturated heterocycles. The van der Waals surface area contributed by atoms with Gasteiger partial charge in [0.1, 0.15) is 5.82 Å². The molecule has 0 aliphatic rings. The summed E-state index contributed by atoms with van der Waals surface area (Å²) >= 11 is 0. The summed E-state index contributed by atoms with van der Waals surface area (Å²) in [5.41, 5.74) is 1.40. The molecule has 2 aromatic heterocycles. The van der Waals surface area contributed by atoms with Gasteiger partial charge in [-0.25, -0.2) is 4.98 Å². The monoisotopic (exact) mass is 271 g/mol. The van der Waals surface area contributed by atoms with Crippen LogP contribution in [0.1, 0.15) is 36.0 Å². The molecule has 2 atom stereocenters. The Morgan fingerprint density at radius 1 is 1.26 bits per heavy atom. The first-order chi connectivity index (χ1) is 8.89. The fraction of sp³-hybridized carbons (Fsp3) is 0.333. The fourth-order valence-electron chi connectivity index (χ4n) is 1.70. The van der Waals surface area contributed by atoms with Crippen molar-refractivity contribution in [3.63, 3.8) is 0 Å². The molecule has 0 saturated carbocycles. The maximum absolute atomic E-state index is 12.3. The van der Waals surface area contributed by atoms with Crippen molar-refractivity contribution in [2.24, 2.45) is 0 Å². The van der Waals surface area contributed by atoms with E-state index in [9.17, 15) is 13.2 Å². The third-order valence-electron chi connectivity index (χ3n) is 2.86. The smallest absolute Gasteiger partial charge is 0.377 e. The lowest BCUT2D eigenvalue weighted by molar-refractivity contribution is -0.209. The molecule has 0 radical (unpaired) electrons. The quantitative estimate of drug-likeness (QED) is 0.901. The van der Waals surface area contributed by atoms with Gasteiger partial charge in [0.15, 0.2) is 0 Å². The largest absolute Gasteiger partial charge is 0.421 e. The Morgan fingerprint density at radius 2 is 1.89 bits per heavy atom. The molecule has 0 spiro atoms. The van der Waals surface area contributed by atoms with Crippen LogP contribution in [0.4, 0.5) is 13.2 Å². The Morgan fingerprint density at radius 3 is 2.47 bits per heavy atom. The number of imidazole rings is 1. The molecule has 2 N–H and O–H groups in total. The molecule has 2 heterocycles. The second-order valence-corrected chi connectivity index (χ2v) is 4.17. The van der Waals surface area contributed by atoms with Crippen molar-refractivity contribution in [3.05, 3.63) is 47.8 Å². The van der Waals surface area contributed by atoms with Crippen LogP contribution in [0, 0.1) is 0 Å². The van der Waals surface area contributed by atoms with Gasteiger partial charge in [0.25, 0.3) is 0 Å². The van der Waals surface area contributed by atoms with Crippen molar-refractivity contribution >= 4 is 0 Å². The van der Waals surface area contributed by atoms with Crippen LogP contribution in [0.3, 0.4) is 0 Å². The van der Waals surface area contributed by atoms with Crippen LogP contribution in [-0.4, -0.2) is 26.2 Å². The van der Waals surface area contributed by atoms with Crippen molar-refractivity contribution in [1.82, 2.24) is 15.0 Å². The van der Waals surface area contributed by atoms with E-state index in [4.69, 9.17) is 5.11 Å². The van der Waals surface area contributed by atoms with Crippen molar-refractivity contribution in [2.75, 3.05) is 0 Å². The molecular formula is C12H12F3N3O. The Bertz CT molecular complexity index is 539. The Balaban J connectivity index is 2.22. The number of halogens is 3. The third kappa shape index (κ3) is 2.93. The van der Waals surface area contributed by atoms with Crippen molar-refractivity contribution in [1.29, 1.82) is 0 Å². The highest BCUT2D eigenvalue weighted by molar-refractivity contribution is 5.25. The van der Waals surface area contributed by atoms with Crippen LogP contribution in [0.15, 0.2) is 30.7 Å². The topological polar surface area (TPSA) is 61.8 Å². The fourth-order valence-corrected chi connectivity index (χ4v) is 1.70. The second kappa shape index (κ2) is 5.00. The minimum absolute atomic E-state index is 0.162. The molecule has 0 aliphatic carbocycles. The zero-order chi connectivity index (χ0) is 14.0. The molecule has 19 heavy (non-hydrogen) atoms. The number of alkyl halides is 3. The lowest BCUT2D eigenvalue weighted by Crippen LogP contribution is -2.21. The van der Waals surface area contributed by atoms with E-state index in [1.807, 2.05) is 6.92 Å². The van der Waals surface area contributed by atoms with Gasteiger partial charge >= 0.3 is 6.18 Å². The number of aromatic amines is 1. The normalized spacial score (nSPS) is 15.2. The average molecular weight is 271 g/mol. The maximum atomic E-state index is 12.3. The minimum Gasteiger partial charge on any atom is -0.377 e. The zero-order valence-electron chi connectivity index (χ0n) is 10.0. The van der Waals surface area contributed by atoms with Gasteiger partial charge in [-0.3, -0.25) is 4.98 Å². The minimum atomic E-state index is -4.73. The number of rotatable bonds is 3. The van der Waals surface area contributed by atoms with Crippen molar-refractivity contribution < 1.29 is 18.3 Å². The van der Waals surface area contributed by atoms with Crippen LogP contribution in [0.5, 0.6) is 0 Å². The van der Waals surface area contributed by atoms with Crippen LogP contribution in [-0.2, 0) is 0 Å². The highest BCUT2D eigenvalue weighted by Crippen LogP contribution is 2.32. The number of aliphatic hydroxyl groups is 1. The lowest BCUT2D eigenvalue weighted by atomic mass is 10.00. The molecule has 0 fully saturated rings. The molecule has 0 bridgehead atoms. The van der Waals surface area contributed by atoms with E-state index in [0.717, 1.165) is 5.56 Å². The van der Waals surface area contributed by atoms with E-state index in [0.29, 0.717) is 5.69 Å². The van der Waals surface area contributed by atoms with Crippen LogP contribution < -0.4 is 0 Å². The van der Waals surface area contributed by atoms with Gasteiger partial charge in [0, 0.05) is 30.2 Å². The summed E-state index contributed by atoms with van der Waals surface area (Å²) in [5, 5.41) is 9.09. The van der Waals surface area contributed by atoms with Gasteiger partial charge < -0.3 is 10.1 Å². The van der Waals surface area contributed by atoms with Gasteiger partial charge in [-0.15, -0.1) is 0 Å². The van der Waals surface area contributed by atoms with E-state index in [2.05, 4.69) is 15.0 Å². The summed E-state index contributed by atoms with van der Waals surface area (Å²) in [6, 6.07) is 3.54. The summed E-state index contributed by atoms with van der Waals surface area (Å²) in [6.45, 7) is 1.83. The molecule has 4 nitrogen and oxygen atoms in total. The van der Waals surface area contributed by atoms with Crippen molar-refractivity contribution in [3.8, 4) is 0 Å². The molecular weight excluding hydrogens is 259 g/mol. The average Bonchev–Trinajstić information content (AvgIpc) is 2.86.